The van der Waals surface area contributed by atoms with Crippen LogP contribution in [0, 0.1) is 0 Å². The molecule has 31 heavy (non-hydrogen) atoms. The van der Waals surface area contributed by atoms with E-state index in [2.05, 4.69) is 10.3 Å². The molecule has 3 aromatic rings. The lowest BCUT2D eigenvalue weighted by atomic mass is 10.0. The monoisotopic (exact) mass is 411 g/mol. The van der Waals surface area contributed by atoms with Gasteiger partial charge in [0.1, 0.15) is 11.3 Å². The lowest BCUT2D eigenvalue weighted by molar-refractivity contribution is -0.123. The second kappa shape index (κ2) is 6.15. The number of amides is 3. The highest BCUT2D eigenvalue weighted by Crippen LogP contribution is 2.46. The highest BCUT2D eigenvalue weighted by molar-refractivity contribution is 6.37. The molecule has 0 spiro atoms. The molecule has 1 atom stereocenters. The van der Waals surface area contributed by atoms with Gasteiger partial charge in [-0.2, -0.15) is 0 Å². The number of carbonyl (C=O) groups excluding carboxylic acids is 3. The van der Waals surface area contributed by atoms with Crippen molar-refractivity contribution in [2.24, 2.45) is 0 Å². The summed E-state index contributed by atoms with van der Waals surface area (Å²) in [7, 11) is 0. The van der Waals surface area contributed by atoms with Crippen LogP contribution in [-0.2, 0) is 14.4 Å². The van der Waals surface area contributed by atoms with E-state index in [0.29, 0.717) is 23.6 Å². The van der Waals surface area contributed by atoms with Gasteiger partial charge in [0.05, 0.1) is 34.8 Å². The summed E-state index contributed by atoms with van der Waals surface area (Å²) in [6.07, 6.45) is 6.99. The van der Waals surface area contributed by atoms with E-state index in [4.69, 9.17) is 0 Å². The van der Waals surface area contributed by atoms with Crippen molar-refractivity contribution in [2.75, 3.05) is 16.3 Å². The number of aromatic nitrogens is 2. The van der Waals surface area contributed by atoms with Gasteiger partial charge in [0.15, 0.2) is 0 Å². The summed E-state index contributed by atoms with van der Waals surface area (Å²) in [6, 6.07) is 11.2. The molecule has 3 aliphatic rings. The van der Waals surface area contributed by atoms with Gasteiger partial charge in [0.2, 0.25) is 5.91 Å². The third kappa shape index (κ3) is 2.29. The maximum absolute atomic E-state index is 13.0. The van der Waals surface area contributed by atoms with Crippen molar-refractivity contribution >= 4 is 40.3 Å². The van der Waals surface area contributed by atoms with Crippen LogP contribution in [-0.4, -0.2) is 33.7 Å². The van der Waals surface area contributed by atoms with Crippen molar-refractivity contribution in [2.45, 2.75) is 12.8 Å². The van der Waals surface area contributed by atoms with Gasteiger partial charge < -0.3 is 4.90 Å². The topological polar surface area (TPSA) is 87.0 Å². The van der Waals surface area contributed by atoms with Gasteiger partial charge in [-0.1, -0.05) is 18.2 Å². The highest BCUT2D eigenvalue weighted by atomic mass is 16.2. The van der Waals surface area contributed by atoms with Crippen LogP contribution in [0.15, 0.2) is 66.8 Å². The molecule has 6 rings (SSSR count). The largest absolute Gasteiger partial charge is 0.331 e. The molecule has 8 heteroatoms. The number of imidazole rings is 1. The molecule has 3 aliphatic heterocycles. The molecule has 3 amide bonds. The predicted octanol–water partition coefficient (Wildman–Crippen LogP) is 2.19. The Hall–Kier alpha value is -4.20. The van der Waals surface area contributed by atoms with Crippen molar-refractivity contribution in [1.82, 2.24) is 14.7 Å². The van der Waals surface area contributed by atoms with Crippen LogP contribution >= 0.6 is 0 Å². The van der Waals surface area contributed by atoms with Crippen LogP contribution < -0.4 is 15.1 Å². The number of pyridine rings is 1. The number of hydrogen-bond donors (Lipinski definition) is 1. The Balaban J connectivity index is 1.61. The van der Waals surface area contributed by atoms with Gasteiger partial charge in [-0.05, 0) is 36.8 Å². The Bertz CT molecular complexity index is 1380. The van der Waals surface area contributed by atoms with Crippen molar-refractivity contribution in [1.29, 1.82) is 0 Å². The Morgan fingerprint density at radius 3 is 2.81 bits per heavy atom. The Morgan fingerprint density at radius 1 is 1.06 bits per heavy atom. The molecule has 0 radical (unpaired) electrons. The zero-order valence-electron chi connectivity index (χ0n) is 16.6. The van der Waals surface area contributed by atoms with Crippen LogP contribution in [0.2, 0.25) is 0 Å². The molecule has 0 bridgehead atoms. The number of anilines is 2. The van der Waals surface area contributed by atoms with E-state index < -0.39 is 11.8 Å². The minimum Gasteiger partial charge on any atom is -0.331 e. The summed E-state index contributed by atoms with van der Waals surface area (Å²) in [5.41, 5.74) is 4.11. The number of carbonyl (C=O) groups is 3. The van der Waals surface area contributed by atoms with Crippen LogP contribution in [0.1, 0.15) is 24.1 Å². The first-order valence-corrected chi connectivity index (χ1v) is 9.99. The number of rotatable bonds is 2. The number of imide groups is 1. The number of fused-ring (bicyclic) bond motifs is 1. The Labute approximate surface area is 177 Å². The van der Waals surface area contributed by atoms with Crippen molar-refractivity contribution < 1.29 is 14.4 Å². The fraction of sp³-hybridized carbons (Fsp3) is 0.130. The maximum Gasteiger partial charge on any atom is 0.275 e. The van der Waals surface area contributed by atoms with Gasteiger partial charge in [0.25, 0.3) is 11.8 Å². The second-order valence-corrected chi connectivity index (χ2v) is 7.72. The average Bonchev–Trinajstić information content (AvgIpc) is 3.33. The summed E-state index contributed by atoms with van der Waals surface area (Å²) >= 11 is 0. The molecule has 8 nitrogen and oxygen atoms in total. The summed E-state index contributed by atoms with van der Waals surface area (Å²) in [5.74, 6) is -1.22. The number of para-hydroxylation sites is 1. The lowest BCUT2D eigenvalue weighted by Gasteiger charge is -2.26. The van der Waals surface area contributed by atoms with Gasteiger partial charge in [-0.3, -0.25) is 29.0 Å². The highest BCUT2D eigenvalue weighted by Gasteiger charge is 2.41. The summed E-state index contributed by atoms with van der Waals surface area (Å²) in [6.45, 7) is 2.21. The fourth-order valence-electron chi connectivity index (χ4n) is 4.60. The summed E-state index contributed by atoms with van der Waals surface area (Å²) in [4.78, 5) is 46.5. The van der Waals surface area contributed by atoms with Crippen LogP contribution in [0.25, 0.3) is 11.2 Å². The van der Waals surface area contributed by atoms with Gasteiger partial charge in [-0.25, -0.2) is 4.98 Å². The molecule has 1 aromatic carbocycles. The number of nitrogens with one attached hydrogen (secondary N) is 1. The van der Waals surface area contributed by atoms with E-state index in [1.807, 2.05) is 55.6 Å². The van der Waals surface area contributed by atoms with Crippen molar-refractivity contribution in [3.8, 4) is 0 Å². The molecular formula is C23H17N5O3. The van der Waals surface area contributed by atoms with Crippen molar-refractivity contribution in [3.63, 3.8) is 0 Å². The normalized spacial score (nSPS) is 20.0. The van der Waals surface area contributed by atoms with E-state index >= 15 is 0 Å². The smallest absolute Gasteiger partial charge is 0.275 e. The molecule has 5 heterocycles. The first-order valence-electron chi connectivity index (χ1n) is 9.99. The zero-order valence-corrected chi connectivity index (χ0v) is 16.6. The van der Waals surface area contributed by atoms with Gasteiger partial charge >= 0.3 is 0 Å². The maximum atomic E-state index is 13.0. The summed E-state index contributed by atoms with van der Waals surface area (Å²) in [5, 5.41) is 2.44. The number of hydrogen-bond acceptors (Lipinski definition) is 5. The Morgan fingerprint density at radius 2 is 1.94 bits per heavy atom. The van der Waals surface area contributed by atoms with E-state index in [9.17, 15) is 14.4 Å². The molecule has 0 aliphatic carbocycles. The third-order valence-electron chi connectivity index (χ3n) is 6.04. The fourth-order valence-corrected chi connectivity index (χ4v) is 4.60. The van der Waals surface area contributed by atoms with Crippen LogP contribution in [0.4, 0.5) is 11.4 Å². The predicted molar refractivity (Wildman–Crippen MR) is 114 cm³/mol. The van der Waals surface area contributed by atoms with E-state index in [1.165, 1.54) is 0 Å². The number of nitrogens with zero attached hydrogens (tertiary/aromatic N) is 4. The standard InChI is InChI=1S/C23H17N5O3/c1-13-14-6-4-7-15-19(14)28(23(13)31)11-5-10-27(15)20-18(21(29)25-22(20)30)16-12-24-17-8-2-3-9-26(16)17/h2-9,11-13H,10H2,1H3,(H,25,29,30). The van der Waals surface area contributed by atoms with Gasteiger partial charge in [-0.15, -0.1) is 0 Å². The zero-order chi connectivity index (χ0) is 21.3. The first kappa shape index (κ1) is 17.6. The first-order chi connectivity index (χ1) is 15.1. The molecule has 152 valence electrons. The minimum atomic E-state index is -0.470. The molecule has 0 fully saturated rings. The SMILES string of the molecule is CC1C(=O)N2C=CCN(C3=C(c4cnc5ccccn45)C(=O)NC3=O)c3cccc1c32. The molecule has 0 saturated carbocycles. The van der Waals surface area contributed by atoms with Crippen molar-refractivity contribution in [3.05, 3.63) is 78.0 Å². The molecule has 1 N–H and O–H groups in total. The Kier molecular flexibility index (Phi) is 3.50. The quantitative estimate of drug-likeness (QED) is 0.654. The van der Waals surface area contributed by atoms with E-state index in [1.54, 1.807) is 26.6 Å². The lowest BCUT2D eigenvalue weighted by Crippen LogP contribution is -2.31. The average molecular weight is 411 g/mol. The molecule has 0 saturated heterocycles. The summed E-state index contributed by atoms with van der Waals surface area (Å²) < 4.78 is 1.79. The second-order valence-electron chi connectivity index (χ2n) is 7.72. The minimum absolute atomic E-state index is 0.0107. The molecule has 2 aromatic heterocycles. The van der Waals surface area contributed by atoms with E-state index in [-0.39, 0.29) is 23.1 Å². The molecule has 1 unspecified atom stereocenters. The number of benzene rings is 1. The van der Waals surface area contributed by atoms with E-state index in [0.717, 1.165) is 11.3 Å². The molecular weight excluding hydrogens is 394 g/mol. The van der Waals surface area contributed by atoms with Crippen LogP contribution in [0.5, 0.6) is 0 Å². The van der Waals surface area contributed by atoms with Gasteiger partial charge in [0, 0.05) is 18.9 Å². The van der Waals surface area contributed by atoms with Crippen LogP contribution in [0.3, 0.4) is 0 Å². The third-order valence-corrected chi connectivity index (χ3v) is 6.04.